The van der Waals surface area contributed by atoms with Gasteiger partial charge in [0.15, 0.2) is 0 Å². The fourth-order valence-corrected chi connectivity index (χ4v) is 4.00. The maximum absolute atomic E-state index is 6.41. The second-order valence-corrected chi connectivity index (χ2v) is 7.08. The third-order valence-corrected chi connectivity index (χ3v) is 5.37. The summed E-state index contributed by atoms with van der Waals surface area (Å²) in [5.41, 5.74) is 18.5. The number of fused-ring (bicyclic) bond motifs is 2. The Balaban J connectivity index is 1.95. The molecule has 5 aromatic rings. The highest BCUT2D eigenvalue weighted by Crippen LogP contribution is 2.42. The Morgan fingerprint density at radius 2 is 1.00 bits per heavy atom. The smallest absolute Gasteiger partial charge is 0.0394 e. The van der Waals surface area contributed by atoms with Crippen LogP contribution in [0.5, 0.6) is 0 Å². The zero-order valence-corrected chi connectivity index (χ0v) is 15.4. The van der Waals surface area contributed by atoms with Crippen molar-refractivity contribution in [2.75, 3.05) is 11.5 Å². The fraction of sp³-hybridized carbons (Fsp3) is 0. The van der Waals surface area contributed by atoms with Crippen LogP contribution in [0.4, 0.5) is 11.4 Å². The summed E-state index contributed by atoms with van der Waals surface area (Å²) in [5, 5.41) is 4.81. The number of para-hydroxylation sites is 2. The van der Waals surface area contributed by atoms with Gasteiger partial charge in [0.25, 0.3) is 0 Å². The summed E-state index contributed by atoms with van der Waals surface area (Å²) >= 11 is 0. The largest absolute Gasteiger partial charge is 0.398 e. The normalized spacial score (nSPS) is 11.1. The highest BCUT2D eigenvalue weighted by Gasteiger charge is 2.16. The molecule has 0 atom stereocenters. The molecular weight excluding hydrogens is 340 g/mol. The van der Waals surface area contributed by atoms with Crippen LogP contribution in [-0.2, 0) is 0 Å². The first-order valence-electron chi connectivity index (χ1n) is 9.37. The van der Waals surface area contributed by atoms with Crippen LogP contribution < -0.4 is 11.5 Å². The molecule has 5 aromatic carbocycles. The van der Waals surface area contributed by atoms with Gasteiger partial charge in [-0.3, -0.25) is 0 Å². The second kappa shape index (κ2) is 6.43. The molecule has 2 heteroatoms. The second-order valence-electron chi connectivity index (χ2n) is 7.08. The average Bonchev–Trinajstić information content (AvgIpc) is 2.72. The maximum Gasteiger partial charge on any atom is 0.0394 e. The zero-order valence-electron chi connectivity index (χ0n) is 15.4. The molecule has 0 spiro atoms. The van der Waals surface area contributed by atoms with Crippen molar-refractivity contribution in [3.63, 3.8) is 0 Å². The van der Waals surface area contributed by atoms with Crippen LogP contribution in [0.25, 0.3) is 43.8 Å². The third kappa shape index (κ3) is 2.58. The minimum Gasteiger partial charge on any atom is -0.398 e. The zero-order chi connectivity index (χ0) is 19.1. The van der Waals surface area contributed by atoms with E-state index in [9.17, 15) is 0 Å². The molecule has 0 heterocycles. The van der Waals surface area contributed by atoms with Gasteiger partial charge < -0.3 is 11.5 Å². The minimum absolute atomic E-state index is 0.762. The van der Waals surface area contributed by atoms with E-state index < -0.39 is 0 Å². The number of rotatable bonds is 2. The van der Waals surface area contributed by atoms with Gasteiger partial charge in [0.1, 0.15) is 0 Å². The van der Waals surface area contributed by atoms with Crippen LogP contribution in [0.1, 0.15) is 0 Å². The number of nitrogens with two attached hydrogens (primary N) is 2. The highest BCUT2D eigenvalue weighted by atomic mass is 14.6. The lowest BCUT2D eigenvalue weighted by Crippen LogP contribution is -1.96. The van der Waals surface area contributed by atoms with E-state index in [2.05, 4.69) is 60.7 Å². The predicted molar refractivity (Wildman–Crippen MR) is 121 cm³/mol. The van der Waals surface area contributed by atoms with Crippen LogP contribution in [-0.4, -0.2) is 0 Å². The first-order chi connectivity index (χ1) is 13.7. The Hall–Kier alpha value is -3.78. The summed E-state index contributed by atoms with van der Waals surface area (Å²) in [6.45, 7) is 0. The van der Waals surface area contributed by atoms with Crippen LogP contribution in [0.15, 0.2) is 97.1 Å². The summed E-state index contributed by atoms with van der Waals surface area (Å²) in [6.07, 6.45) is 0. The van der Waals surface area contributed by atoms with Gasteiger partial charge >= 0.3 is 0 Å². The van der Waals surface area contributed by atoms with E-state index in [0.29, 0.717) is 0 Å². The Labute approximate surface area is 164 Å². The van der Waals surface area contributed by atoms with Crippen molar-refractivity contribution in [3.05, 3.63) is 97.1 Å². The molecule has 5 rings (SSSR count). The molecule has 0 amide bonds. The van der Waals surface area contributed by atoms with Crippen molar-refractivity contribution < 1.29 is 0 Å². The molecule has 134 valence electrons. The molecule has 2 nitrogen and oxygen atoms in total. The molecule has 0 saturated heterocycles. The van der Waals surface area contributed by atoms with Crippen molar-refractivity contribution >= 4 is 32.9 Å². The van der Waals surface area contributed by atoms with E-state index in [1.54, 1.807) is 0 Å². The molecule has 0 aliphatic heterocycles. The van der Waals surface area contributed by atoms with E-state index in [4.69, 9.17) is 11.5 Å². The highest BCUT2D eigenvalue weighted by molar-refractivity contribution is 6.11. The summed E-state index contributed by atoms with van der Waals surface area (Å²) in [4.78, 5) is 0. The lowest BCUT2D eigenvalue weighted by atomic mass is 9.87. The number of hydrogen-bond acceptors (Lipinski definition) is 2. The molecule has 0 unspecified atom stereocenters. The summed E-state index contributed by atoms with van der Waals surface area (Å²) < 4.78 is 0. The van der Waals surface area contributed by atoms with Gasteiger partial charge in [0.05, 0.1) is 0 Å². The predicted octanol–water partition coefficient (Wildman–Crippen LogP) is 6.49. The molecule has 0 fully saturated rings. The molecule has 0 bridgehead atoms. The first kappa shape index (κ1) is 16.4. The van der Waals surface area contributed by atoms with Gasteiger partial charge in [-0.2, -0.15) is 0 Å². The summed E-state index contributed by atoms with van der Waals surface area (Å²) in [5.74, 6) is 0. The average molecular weight is 360 g/mol. The molecule has 0 aliphatic carbocycles. The number of hydrogen-bond donors (Lipinski definition) is 2. The van der Waals surface area contributed by atoms with Gasteiger partial charge in [0.2, 0.25) is 0 Å². The lowest BCUT2D eigenvalue weighted by Gasteiger charge is -2.17. The quantitative estimate of drug-likeness (QED) is 0.279. The van der Waals surface area contributed by atoms with Crippen LogP contribution >= 0.6 is 0 Å². The monoisotopic (exact) mass is 360 g/mol. The third-order valence-electron chi connectivity index (χ3n) is 5.37. The van der Waals surface area contributed by atoms with Crippen molar-refractivity contribution in [1.82, 2.24) is 0 Å². The van der Waals surface area contributed by atoms with Crippen LogP contribution in [0.3, 0.4) is 0 Å². The van der Waals surface area contributed by atoms with Gasteiger partial charge in [0, 0.05) is 22.5 Å². The molecule has 28 heavy (non-hydrogen) atoms. The van der Waals surface area contributed by atoms with Crippen molar-refractivity contribution in [2.24, 2.45) is 0 Å². The first-order valence-corrected chi connectivity index (χ1v) is 9.37. The number of anilines is 2. The van der Waals surface area contributed by atoms with Crippen LogP contribution in [0, 0.1) is 0 Å². The Morgan fingerprint density at radius 3 is 1.68 bits per heavy atom. The topological polar surface area (TPSA) is 52.0 Å². The fourth-order valence-electron chi connectivity index (χ4n) is 4.00. The van der Waals surface area contributed by atoms with E-state index in [0.717, 1.165) is 33.6 Å². The van der Waals surface area contributed by atoms with Crippen molar-refractivity contribution in [3.8, 4) is 22.3 Å². The maximum atomic E-state index is 6.41. The lowest BCUT2D eigenvalue weighted by molar-refractivity contribution is 1.60. The number of benzene rings is 5. The molecule has 0 radical (unpaired) electrons. The summed E-state index contributed by atoms with van der Waals surface area (Å²) in [6, 6.07) is 33.3. The van der Waals surface area contributed by atoms with Gasteiger partial charge in [-0.05, 0) is 56.9 Å². The molecule has 0 saturated carbocycles. The van der Waals surface area contributed by atoms with Crippen LogP contribution in [0.2, 0.25) is 0 Å². The Bertz CT molecular complexity index is 1340. The van der Waals surface area contributed by atoms with Crippen molar-refractivity contribution in [2.45, 2.75) is 0 Å². The van der Waals surface area contributed by atoms with E-state index >= 15 is 0 Å². The van der Waals surface area contributed by atoms with Crippen molar-refractivity contribution in [1.29, 1.82) is 0 Å². The minimum atomic E-state index is 0.762. The van der Waals surface area contributed by atoms with Gasteiger partial charge in [-0.15, -0.1) is 0 Å². The molecule has 4 N–H and O–H groups in total. The molecule has 0 aliphatic rings. The van der Waals surface area contributed by atoms with E-state index in [1.165, 1.54) is 21.5 Å². The number of nitrogen functional groups attached to an aromatic ring is 2. The molecular formula is C26H20N2. The Kier molecular flexibility index (Phi) is 3.77. The van der Waals surface area contributed by atoms with E-state index in [-0.39, 0.29) is 0 Å². The van der Waals surface area contributed by atoms with Gasteiger partial charge in [-0.25, -0.2) is 0 Å². The Morgan fingerprint density at radius 1 is 0.429 bits per heavy atom. The van der Waals surface area contributed by atoms with E-state index in [1.807, 2.05) is 36.4 Å². The standard InChI is InChI=1S/C26H20N2/c27-24-11-5-3-9-20(24)21-14-13-19-15-17-7-1-2-8-18(17)16-23(19)26(21)22-10-4-6-12-25(22)28/h1-16H,27-28H2. The summed E-state index contributed by atoms with van der Waals surface area (Å²) in [7, 11) is 0. The van der Waals surface area contributed by atoms with Gasteiger partial charge in [-0.1, -0.05) is 72.8 Å². The molecule has 0 aromatic heterocycles. The SMILES string of the molecule is Nc1ccccc1-c1ccc2cc3ccccc3cc2c1-c1ccccc1N.